The lowest BCUT2D eigenvalue weighted by molar-refractivity contribution is -0.134. The number of hydrogen-bond acceptors (Lipinski definition) is 4. The van der Waals surface area contributed by atoms with Gasteiger partial charge in [0.05, 0.1) is 6.07 Å². The molecule has 0 aromatic carbocycles. The molecule has 1 rings (SSSR count). The molecule has 6 nitrogen and oxygen atoms in total. The van der Waals surface area contributed by atoms with Crippen LogP contribution in [0.4, 0.5) is 0 Å². The van der Waals surface area contributed by atoms with Crippen LogP contribution in [0.5, 0.6) is 0 Å². The minimum atomic E-state index is -0.804. The highest BCUT2D eigenvalue weighted by Crippen LogP contribution is 2.13. The largest absolute Gasteiger partial charge is 0.368 e. The summed E-state index contributed by atoms with van der Waals surface area (Å²) in [5.41, 5.74) is 5.18. The summed E-state index contributed by atoms with van der Waals surface area (Å²) in [6.45, 7) is 2.24. The molecule has 17 heavy (non-hydrogen) atoms. The highest BCUT2D eigenvalue weighted by Gasteiger charge is 2.28. The summed E-state index contributed by atoms with van der Waals surface area (Å²) in [4.78, 5) is 22.9. The predicted octanol–water partition coefficient (Wildman–Crippen LogP) is -0.315. The Balaban J connectivity index is 2.51. The fourth-order valence-corrected chi connectivity index (χ4v) is 1.70. The van der Waals surface area contributed by atoms with Crippen LogP contribution >= 0.6 is 0 Å². The van der Waals surface area contributed by atoms with Gasteiger partial charge in [0.1, 0.15) is 12.1 Å². The first-order valence-electron chi connectivity index (χ1n) is 5.65. The van der Waals surface area contributed by atoms with Crippen molar-refractivity contribution in [3.05, 3.63) is 0 Å². The molecule has 2 amide bonds. The number of ether oxygens (including phenoxy) is 1. The number of rotatable bonds is 5. The molecule has 0 spiro atoms. The standard InChI is InChI=1S/C11H17N3O3/c1-7(6-12)5-8(10(13)15)14-11(16)9-3-2-4-17-9/h7-9H,2-5H2,1H3,(H2,13,15)(H,14,16)/t7-,8+,9-/m0/s1. The molecule has 3 atom stereocenters. The number of amides is 2. The van der Waals surface area contributed by atoms with Crippen molar-refractivity contribution in [3.8, 4) is 6.07 Å². The Kier molecular flexibility index (Phi) is 4.91. The van der Waals surface area contributed by atoms with Gasteiger partial charge in [-0.2, -0.15) is 5.26 Å². The monoisotopic (exact) mass is 239 g/mol. The van der Waals surface area contributed by atoms with E-state index in [1.165, 1.54) is 0 Å². The molecule has 0 aliphatic carbocycles. The molecule has 0 aromatic heterocycles. The van der Waals surface area contributed by atoms with Crippen molar-refractivity contribution in [3.63, 3.8) is 0 Å². The summed E-state index contributed by atoms with van der Waals surface area (Å²) in [5.74, 6) is -1.29. The van der Waals surface area contributed by atoms with Crippen LogP contribution < -0.4 is 11.1 Å². The molecule has 6 heteroatoms. The van der Waals surface area contributed by atoms with Gasteiger partial charge in [-0.3, -0.25) is 9.59 Å². The van der Waals surface area contributed by atoms with Gasteiger partial charge in [0, 0.05) is 12.5 Å². The third kappa shape index (κ3) is 4.04. The van der Waals surface area contributed by atoms with E-state index in [4.69, 9.17) is 15.7 Å². The second-order valence-electron chi connectivity index (χ2n) is 4.23. The van der Waals surface area contributed by atoms with E-state index in [9.17, 15) is 9.59 Å². The van der Waals surface area contributed by atoms with E-state index in [1.54, 1.807) is 6.92 Å². The van der Waals surface area contributed by atoms with Crippen molar-refractivity contribution in [2.24, 2.45) is 11.7 Å². The Morgan fingerprint density at radius 1 is 1.65 bits per heavy atom. The fraction of sp³-hybridized carbons (Fsp3) is 0.727. The summed E-state index contributed by atoms with van der Waals surface area (Å²) >= 11 is 0. The predicted molar refractivity (Wildman–Crippen MR) is 59.5 cm³/mol. The zero-order valence-corrected chi connectivity index (χ0v) is 9.81. The van der Waals surface area contributed by atoms with Gasteiger partial charge in [0.2, 0.25) is 11.8 Å². The van der Waals surface area contributed by atoms with E-state index in [2.05, 4.69) is 5.32 Å². The molecule has 3 N–H and O–H groups in total. The molecule has 0 saturated carbocycles. The van der Waals surface area contributed by atoms with Gasteiger partial charge in [-0.05, 0) is 26.2 Å². The Labute approximate surface area is 100 Å². The zero-order chi connectivity index (χ0) is 12.8. The van der Waals surface area contributed by atoms with E-state index in [0.717, 1.165) is 6.42 Å². The van der Waals surface area contributed by atoms with Crippen LogP contribution in [0.2, 0.25) is 0 Å². The number of nitriles is 1. The average molecular weight is 239 g/mol. The third-order valence-electron chi connectivity index (χ3n) is 2.69. The van der Waals surface area contributed by atoms with Crippen LogP contribution in [-0.2, 0) is 14.3 Å². The molecular weight excluding hydrogens is 222 g/mol. The second-order valence-corrected chi connectivity index (χ2v) is 4.23. The van der Waals surface area contributed by atoms with Crippen molar-refractivity contribution >= 4 is 11.8 Å². The smallest absolute Gasteiger partial charge is 0.249 e. The van der Waals surface area contributed by atoms with Crippen molar-refractivity contribution < 1.29 is 14.3 Å². The molecule has 1 saturated heterocycles. The number of carbonyl (C=O) groups excluding carboxylic acids is 2. The van der Waals surface area contributed by atoms with Crippen LogP contribution in [0, 0.1) is 17.2 Å². The lowest BCUT2D eigenvalue weighted by atomic mass is 10.0. The Bertz CT molecular complexity index is 331. The number of hydrogen-bond donors (Lipinski definition) is 2. The highest BCUT2D eigenvalue weighted by atomic mass is 16.5. The molecule has 94 valence electrons. The molecule has 1 aliphatic rings. The maximum absolute atomic E-state index is 11.7. The SMILES string of the molecule is C[C@H](C#N)C[C@@H](NC(=O)[C@@H]1CCCO1)C(N)=O. The Morgan fingerprint density at radius 3 is 2.82 bits per heavy atom. The van der Waals surface area contributed by atoms with Gasteiger partial charge >= 0.3 is 0 Å². The summed E-state index contributed by atoms with van der Waals surface area (Å²) in [6, 6.07) is 1.20. The van der Waals surface area contributed by atoms with Gasteiger partial charge in [-0.1, -0.05) is 0 Å². The van der Waals surface area contributed by atoms with Gasteiger partial charge in [-0.15, -0.1) is 0 Å². The Hall–Kier alpha value is -1.61. The quantitative estimate of drug-likeness (QED) is 0.686. The molecule has 1 fully saturated rings. The third-order valence-corrected chi connectivity index (χ3v) is 2.69. The van der Waals surface area contributed by atoms with Crippen LogP contribution in [-0.4, -0.2) is 30.6 Å². The first-order chi connectivity index (χ1) is 8.04. The van der Waals surface area contributed by atoms with Gasteiger partial charge in [0.15, 0.2) is 0 Å². The lowest BCUT2D eigenvalue weighted by Gasteiger charge is -2.18. The second kappa shape index (κ2) is 6.21. The van der Waals surface area contributed by atoms with Crippen LogP contribution in [0.25, 0.3) is 0 Å². The number of nitrogens with two attached hydrogens (primary N) is 1. The molecule has 0 aromatic rings. The average Bonchev–Trinajstić information content (AvgIpc) is 2.81. The van der Waals surface area contributed by atoms with Gasteiger partial charge < -0.3 is 15.8 Å². The van der Waals surface area contributed by atoms with Gasteiger partial charge in [-0.25, -0.2) is 0 Å². The van der Waals surface area contributed by atoms with E-state index < -0.39 is 18.1 Å². The summed E-state index contributed by atoms with van der Waals surface area (Å²) in [6.07, 6.45) is 1.23. The van der Waals surface area contributed by atoms with Crippen molar-refractivity contribution in [2.45, 2.75) is 38.3 Å². The molecule has 0 unspecified atom stereocenters. The lowest BCUT2D eigenvalue weighted by Crippen LogP contribution is -2.48. The van der Waals surface area contributed by atoms with Crippen molar-refractivity contribution in [1.82, 2.24) is 5.32 Å². The highest BCUT2D eigenvalue weighted by molar-refractivity contribution is 5.88. The van der Waals surface area contributed by atoms with Crippen molar-refractivity contribution in [1.29, 1.82) is 5.26 Å². The molecule has 0 bridgehead atoms. The molecule has 0 radical (unpaired) electrons. The van der Waals surface area contributed by atoms with E-state index in [0.29, 0.717) is 13.0 Å². The zero-order valence-electron chi connectivity index (χ0n) is 9.81. The number of nitrogens with one attached hydrogen (secondary N) is 1. The number of primary amides is 1. The summed E-state index contributed by atoms with van der Waals surface area (Å²) in [7, 11) is 0. The van der Waals surface area contributed by atoms with Gasteiger partial charge in [0.25, 0.3) is 0 Å². The van der Waals surface area contributed by atoms with E-state index in [1.807, 2.05) is 6.07 Å². The first kappa shape index (κ1) is 13.5. The van der Waals surface area contributed by atoms with Crippen LogP contribution in [0.3, 0.4) is 0 Å². The van der Waals surface area contributed by atoms with Crippen molar-refractivity contribution in [2.75, 3.05) is 6.61 Å². The summed E-state index contributed by atoms with van der Waals surface area (Å²) < 4.78 is 5.20. The number of carbonyl (C=O) groups is 2. The minimum Gasteiger partial charge on any atom is -0.368 e. The van der Waals surface area contributed by atoms with Crippen LogP contribution in [0.15, 0.2) is 0 Å². The van der Waals surface area contributed by atoms with E-state index in [-0.39, 0.29) is 18.2 Å². The van der Waals surface area contributed by atoms with E-state index >= 15 is 0 Å². The fourth-order valence-electron chi connectivity index (χ4n) is 1.70. The Morgan fingerprint density at radius 2 is 2.35 bits per heavy atom. The topological polar surface area (TPSA) is 105 Å². The normalized spacial score (nSPS) is 22.5. The summed E-state index contributed by atoms with van der Waals surface area (Å²) in [5, 5.41) is 11.2. The molecule has 1 aliphatic heterocycles. The maximum Gasteiger partial charge on any atom is 0.249 e. The molecular formula is C11H17N3O3. The first-order valence-corrected chi connectivity index (χ1v) is 5.65. The molecule has 1 heterocycles. The minimum absolute atomic E-state index is 0.226. The van der Waals surface area contributed by atoms with Crippen LogP contribution in [0.1, 0.15) is 26.2 Å². The number of nitrogens with zero attached hydrogens (tertiary/aromatic N) is 1. The maximum atomic E-state index is 11.7.